The largest absolute Gasteiger partial charge is 0.383 e. The fraction of sp³-hybridized carbons (Fsp3) is 0.471. The van der Waals surface area contributed by atoms with Gasteiger partial charge in [-0.05, 0) is 25.8 Å². The Hall–Kier alpha value is -2.41. The topological polar surface area (TPSA) is 77.6 Å². The summed E-state index contributed by atoms with van der Waals surface area (Å²) in [5.74, 6) is 0.615. The van der Waals surface area contributed by atoms with Gasteiger partial charge in [-0.1, -0.05) is 5.16 Å². The van der Waals surface area contributed by atoms with E-state index in [4.69, 9.17) is 9.26 Å². The van der Waals surface area contributed by atoms with E-state index in [0.717, 1.165) is 18.5 Å². The fourth-order valence-electron chi connectivity index (χ4n) is 3.03. The highest BCUT2D eigenvalue weighted by Crippen LogP contribution is 2.33. The van der Waals surface area contributed by atoms with Gasteiger partial charge in [-0.15, -0.1) is 0 Å². The molecule has 1 atom stereocenters. The third kappa shape index (κ3) is 3.26. The van der Waals surface area contributed by atoms with Crippen LogP contribution >= 0.6 is 0 Å². The summed E-state index contributed by atoms with van der Waals surface area (Å²) in [6, 6.07) is 4.77. The SMILES string of the molecule is COCCn1cc(C(=O)N2CCC[C@H]2c2cc(C)no2)ccc1=O. The van der Waals surface area contributed by atoms with Crippen LogP contribution in [0.4, 0.5) is 0 Å². The number of aryl methyl sites for hydroxylation is 1. The van der Waals surface area contributed by atoms with Crippen molar-refractivity contribution in [1.29, 1.82) is 0 Å². The van der Waals surface area contributed by atoms with Crippen LogP contribution < -0.4 is 5.56 Å². The molecule has 0 bridgehead atoms. The van der Waals surface area contributed by atoms with Crippen molar-refractivity contribution in [2.45, 2.75) is 32.4 Å². The first-order valence-electron chi connectivity index (χ1n) is 8.04. The molecule has 0 saturated carbocycles. The maximum Gasteiger partial charge on any atom is 0.255 e. The number of nitrogens with zero attached hydrogens (tertiary/aromatic N) is 3. The molecule has 1 amide bonds. The van der Waals surface area contributed by atoms with Gasteiger partial charge in [0.2, 0.25) is 0 Å². The number of aromatic nitrogens is 2. The van der Waals surface area contributed by atoms with Gasteiger partial charge in [0, 0.05) is 38.5 Å². The quantitative estimate of drug-likeness (QED) is 0.834. The Kier molecular flexibility index (Phi) is 4.80. The lowest BCUT2D eigenvalue weighted by molar-refractivity contribution is 0.0713. The Morgan fingerprint density at radius 1 is 1.46 bits per heavy atom. The minimum Gasteiger partial charge on any atom is -0.383 e. The number of pyridine rings is 1. The summed E-state index contributed by atoms with van der Waals surface area (Å²) in [5, 5.41) is 3.91. The lowest BCUT2D eigenvalue weighted by Gasteiger charge is -2.23. The summed E-state index contributed by atoms with van der Waals surface area (Å²) in [6.45, 7) is 3.36. The molecule has 0 spiro atoms. The maximum absolute atomic E-state index is 12.9. The highest BCUT2D eigenvalue weighted by molar-refractivity contribution is 5.94. The molecule has 2 aromatic heterocycles. The Morgan fingerprint density at radius 2 is 2.29 bits per heavy atom. The van der Waals surface area contributed by atoms with Crippen LogP contribution in [-0.4, -0.2) is 40.8 Å². The van der Waals surface area contributed by atoms with E-state index in [1.807, 2.05) is 13.0 Å². The van der Waals surface area contributed by atoms with E-state index >= 15 is 0 Å². The van der Waals surface area contributed by atoms with Gasteiger partial charge in [-0.25, -0.2) is 0 Å². The number of hydrogen-bond acceptors (Lipinski definition) is 5. The monoisotopic (exact) mass is 331 g/mol. The smallest absolute Gasteiger partial charge is 0.255 e. The van der Waals surface area contributed by atoms with Crippen LogP contribution in [0.1, 0.15) is 40.7 Å². The second-order valence-electron chi connectivity index (χ2n) is 5.97. The molecule has 0 aliphatic carbocycles. The van der Waals surface area contributed by atoms with Crippen molar-refractivity contribution in [3.63, 3.8) is 0 Å². The van der Waals surface area contributed by atoms with Crippen molar-refractivity contribution in [3.8, 4) is 0 Å². The van der Waals surface area contributed by atoms with Crippen LogP contribution in [0.2, 0.25) is 0 Å². The minimum absolute atomic E-state index is 0.0990. The van der Waals surface area contributed by atoms with Gasteiger partial charge in [0.1, 0.15) is 0 Å². The number of methoxy groups -OCH3 is 1. The number of carbonyl (C=O) groups excluding carboxylic acids is 1. The molecular weight excluding hydrogens is 310 g/mol. The van der Waals surface area contributed by atoms with E-state index in [1.165, 1.54) is 10.6 Å². The minimum atomic E-state index is -0.146. The molecule has 0 aromatic carbocycles. The molecule has 0 unspecified atom stereocenters. The van der Waals surface area contributed by atoms with Gasteiger partial charge >= 0.3 is 0 Å². The maximum atomic E-state index is 12.9. The molecule has 0 radical (unpaired) electrons. The van der Waals surface area contributed by atoms with Gasteiger partial charge in [0.05, 0.1) is 23.9 Å². The number of hydrogen-bond donors (Lipinski definition) is 0. The molecule has 1 aliphatic heterocycles. The van der Waals surface area contributed by atoms with E-state index in [1.54, 1.807) is 24.3 Å². The predicted octanol–water partition coefficient (Wildman–Crippen LogP) is 1.77. The Balaban J connectivity index is 1.84. The molecule has 3 heterocycles. The summed E-state index contributed by atoms with van der Waals surface area (Å²) in [6.07, 6.45) is 3.37. The second kappa shape index (κ2) is 7.00. The van der Waals surface area contributed by atoms with Gasteiger partial charge < -0.3 is 18.7 Å². The summed E-state index contributed by atoms with van der Waals surface area (Å²) in [4.78, 5) is 26.6. The molecule has 7 heteroatoms. The van der Waals surface area contributed by atoms with Crippen molar-refractivity contribution in [1.82, 2.24) is 14.6 Å². The summed E-state index contributed by atoms with van der Waals surface area (Å²) < 4.78 is 11.8. The number of likely N-dealkylation sites (tertiary alicyclic amines) is 1. The third-order valence-electron chi connectivity index (χ3n) is 4.26. The van der Waals surface area contributed by atoms with Crippen LogP contribution in [-0.2, 0) is 11.3 Å². The van der Waals surface area contributed by atoms with E-state index in [9.17, 15) is 9.59 Å². The molecule has 7 nitrogen and oxygen atoms in total. The highest BCUT2D eigenvalue weighted by Gasteiger charge is 2.33. The molecule has 1 aliphatic rings. The van der Waals surface area contributed by atoms with E-state index in [0.29, 0.717) is 31.0 Å². The zero-order valence-electron chi connectivity index (χ0n) is 13.9. The number of ether oxygens (including phenoxy) is 1. The lowest BCUT2D eigenvalue weighted by atomic mass is 10.1. The van der Waals surface area contributed by atoms with Crippen molar-refractivity contribution in [2.24, 2.45) is 0 Å². The standard InChI is InChI=1S/C17H21N3O4/c1-12-10-15(24-18-12)14-4-3-7-20(14)17(22)13-5-6-16(21)19(11-13)8-9-23-2/h5-6,10-11,14H,3-4,7-9H2,1-2H3/t14-/m0/s1. The van der Waals surface area contributed by atoms with Gasteiger partial charge in [0.15, 0.2) is 5.76 Å². The van der Waals surface area contributed by atoms with Crippen LogP contribution in [0.25, 0.3) is 0 Å². The Labute approximate surface area is 139 Å². The second-order valence-corrected chi connectivity index (χ2v) is 5.97. The zero-order valence-corrected chi connectivity index (χ0v) is 13.9. The first-order chi connectivity index (χ1) is 11.6. The Morgan fingerprint density at radius 3 is 3.00 bits per heavy atom. The first-order valence-corrected chi connectivity index (χ1v) is 8.04. The molecule has 1 fully saturated rings. The van der Waals surface area contributed by atoms with E-state index in [-0.39, 0.29) is 17.5 Å². The van der Waals surface area contributed by atoms with E-state index in [2.05, 4.69) is 5.16 Å². The molecule has 3 rings (SSSR count). The average molecular weight is 331 g/mol. The molecule has 1 saturated heterocycles. The zero-order chi connectivity index (χ0) is 17.1. The normalized spacial score (nSPS) is 17.4. The Bertz CT molecular complexity index is 780. The summed E-state index contributed by atoms with van der Waals surface area (Å²) >= 11 is 0. The number of rotatable bonds is 5. The van der Waals surface area contributed by atoms with Gasteiger partial charge in [-0.3, -0.25) is 9.59 Å². The number of carbonyl (C=O) groups is 1. The summed E-state index contributed by atoms with van der Waals surface area (Å²) in [7, 11) is 1.58. The molecule has 128 valence electrons. The molecule has 24 heavy (non-hydrogen) atoms. The van der Waals surface area contributed by atoms with Gasteiger partial charge in [0.25, 0.3) is 11.5 Å². The van der Waals surface area contributed by atoms with Crippen molar-refractivity contribution in [3.05, 3.63) is 51.8 Å². The van der Waals surface area contributed by atoms with Crippen LogP contribution in [0.15, 0.2) is 33.7 Å². The van der Waals surface area contributed by atoms with Crippen LogP contribution in [0, 0.1) is 6.92 Å². The van der Waals surface area contributed by atoms with Crippen LogP contribution in [0.3, 0.4) is 0 Å². The van der Waals surface area contributed by atoms with Crippen molar-refractivity contribution < 1.29 is 14.1 Å². The van der Waals surface area contributed by atoms with Gasteiger partial charge in [-0.2, -0.15) is 0 Å². The average Bonchev–Trinajstić information content (AvgIpc) is 3.22. The van der Waals surface area contributed by atoms with E-state index < -0.39 is 0 Å². The first kappa shape index (κ1) is 16.4. The third-order valence-corrected chi connectivity index (χ3v) is 4.26. The lowest BCUT2D eigenvalue weighted by Crippen LogP contribution is -2.32. The van der Waals surface area contributed by atoms with Crippen LogP contribution in [0.5, 0.6) is 0 Å². The predicted molar refractivity (Wildman–Crippen MR) is 86.8 cm³/mol. The molecule has 2 aromatic rings. The fourth-order valence-corrected chi connectivity index (χ4v) is 3.03. The molecular formula is C17H21N3O4. The molecule has 0 N–H and O–H groups in total. The summed E-state index contributed by atoms with van der Waals surface area (Å²) in [5.41, 5.74) is 1.15. The number of amides is 1. The highest BCUT2D eigenvalue weighted by atomic mass is 16.5. The van der Waals surface area contributed by atoms with Crippen molar-refractivity contribution in [2.75, 3.05) is 20.3 Å². The van der Waals surface area contributed by atoms with Crippen molar-refractivity contribution >= 4 is 5.91 Å².